The molecule has 1 radical (unpaired) electrons. The van der Waals surface area contributed by atoms with Crippen molar-refractivity contribution in [2.24, 2.45) is 5.92 Å². The molecule has 1 aliphatic carbocycles. The lowest BCUT2D eigenvalue weighted by Gasteiger charge is -2.34. The van der Waals surface area contributed by atoms with E-state index >= 15 is 0 Å². The average Bonchev–Trinajstić information content (AvgIpc) is 3.20. The van der Waals surface area contributed by atoms with E-state index in [1.54, 1.807) is 12.1 Å². The SMILES string of the molecule is C[C@@H](c1ccccc1)N(Cc1ccccc1)C(=O)C1CCC2=C(C1)c1cc(F)ccc1[N]2. The van der Waals surface area contributed by atoms with Gasteiger partial charge in [-0.1, -0.05) is 60.7 Å². The fourth-order valence-corrected chi connectivity index (χ4v) is 4.85. The van der Waals surface area contributed by atoms with Crippen molar-refractivity contribution >= 4 is 17.2 Å². The van der Waals surface area contributed by atoms with E-state index in [9.17, 15) is 9.18 Å². The molecule has 1 unspecified atom stereocenters. The van der Waals surface area contributed by atoms with Crippen LogP contribution in [0.15, 0.2) is 84.6 Å². The summed E-state index contributed by atoms with van der Waals surface area (Å²) >= 11 is 0. The summed E-state index contributed by atoms with van der Waals surface area (Å²) in [5.74, 6) is -0.237. The number of hydrogen-bond donors (Lipinski definition) is 0. The highest BCUT2D eigenvalue weighted by molar-refractivity contribution is 5.88. The number of carbonyl (C=O) groups excluding carboxylic acids is 1. The van der Waals surface area contributed by atoms with E-state index in [1.165, 1.54) is 6.07 Å². The Morgan fingerprint density at radius 2 is 1.78 bits per heavy atom. The maximum absolute atomic E-state index is 13.9. The Kier molecular flexibility index (Phi) is 5.52. The topological polar surface area (TPSA) is 34.4 Å². The molecule has 32 heavy (non-hydrogen) atoms. The van der Waals surface area contributed by atoms with Gasteiger partial charge in [-0.15, -0.1) is 0 Å². The molecular formula is C28H26FN2O. The van der Waals surface area contributed by atoms with Gasteiger partial charge in [-0.05, 0) is 61.1 Å². The largest absolute Gasteiger partial charge is 0.331 e. The highest BCUT2D eigenvalue weighted by atomic mass is 19.1. The molecule has 0 saturated carbocycles. The minimum absolute atomic E-state index is 0.0442. The van der Waals surface area contributed by atoms with Crippen molar-refractivity contribution < 1.29 is 9.18 Å². The van der Waals surface area contributed by atoms with Gasteiger partial charge in [0.05, 0.1) is 11.7 Å². The van der Waals surface area contributed by atoms with Crippen LogP contribution in [-0.2, 0) is 11.3 Å². The van der Waals surface area contributed by atoms with Gasteiger partial charge in [0.25, 0.3) is 0 Å². The molecule has 3 aromatic rings. The summed E-state index contributed by atoms with van der Waals surface area (Å²) in [7, 11) is 0. The molecule has 0 N–H and O–H groups in total. The summed E-state index contributed by atoms with van der Waals surface area (Å²) in [6.45, 7) is 2.66. The minimum atomic E-state index is -0.260. The minimum Gasteiger partial charge on any atom is -0.331 e. The molecule has 0 aromatic heterocycles. The van der Waals surface area contributed by atoms with Gasteiger partial charge < -0.3 is 4.90 Å². The first-order chi connectivity index (χ1) is 15.6. The normalized spacial score (nSPS) is 17.9. The lowest BCUT2D eigenvalue weighted by atomic mass is 9.83. The zero-order valence-corrected chi connectivity index (χ0v) is 18.2. The highest BCUT2D eigenvalue weighted by Gasteiger charge is 2.36. The third-order valence-corrected chi connectivity index (χ3v) is 6.65. The monoisotopic (exact) mass is 425 g/mol. The second kappa shape index (κ2) is 8.62. The lowest BCUT2D eigenvalue weighted by Crippen LogP contribution is -2.38. The molecule has 0 saturated heterocycles. The van der Waals surface area contributed by atoms with Crippen molar-refractivity contribution in [1.82, 2.24) is 10.2 Å². The van der Waals surface area contributed by atoms with Gasteiger partial charge in [-0.2, -0.15) is 0 Å². The van der Waals surface area contributed by atoms with Gasteiger partial charge in [0.1, 0.15) is 5.82 Å². The number of amides is 1. The molecule has 0 bridgehead atoms. The predicted molar refractivity (Wildman–Crippen MR) is 124 cm³/mol. The molecule has 0 spiro atoms. The molecule has 3 nitrogen and oxygen atoms in total. The van der Waals surface area contributed by atoms with E-state index in [2.05, 4.69) is 31.2 Å². The zero-order chi connectivity index (χ0) is 22.1. The van der Waals surface area contributed by atoms with Gasteiger partial charge in [-0.25, -0.2) is 4.39 Å². The van der Waals surface area contributed by atoms with Crippen LogP contribution in [0.4, 0.5) is 10.1 Å². The summed E-state index contributed by atoms with van der Waals surface area (Å²) in [6, 6.07) is 25.0. The van der Waals surface area contributed by atoms with Crippen molar-refractivity contribution in [3.63, 3.8) is 0 Å². The van der Waals surface area contributed by atoms with Crippen LogP contribution in [0.3, 0.4) is 0 Å². The van der Waals surface area contributed by atoms with E-state index in [0.717, 1.165) is 46.5 Å². The molecule has 1 aliphatic heterocycles. The molecule has 3 aromatic carbocycles. The first kappa shape index (κ1) is 20.5. The van der Waals surface area contributed by atoms with Gasteiger partial charge in [0, 0.05) is 23.7 Å². The van der Waals surface area contributed by atoms with Crippen molar-refractivity contribution in [3.05, 3.63) is 107 Å². The number of hydrogen-bond acceptors (Lipinski definition) is 1. The van der Waals surface area contributed by atoms with Crippen LogP contribution in [-0.4, -0.2) is 10.8 Å². The molecule has 2 atom stereocenters. The molecule has 2 aliphatic rings. The summed E-state index contributed by atoms with van der Waals surface area (Å²) < 4.78 is 13.9. The van der Waals surface area contributed by atoms with Crippen LogP contribution >= 0.6 is 0 Å². The fourth-order valence-electron chi connectivity index (χ4n) is 4.85. The Labute approximate surface area is 188 Å². The first-order valence-corrected chi connectivity index (χ1v) is 11.2. The summed E-state index contributed by atoms with van der Waals surface area (Å²) in [5.41, 5.74) is 5.96. The van der Waals surface area contributed by atoms with Crippen LogP contribution in [0, 0.1) is 11.7 Å². The van der Waals surface area contributed by atoms with Crippen LogP contribution in [0.1, 0.15) is 48.9 Å². The van der Waals surface area contributed by atoms with Crippen LogP contribution in [0.2, 0.25) is 0 Å². The summed E-state index contributed by atoms with van der Waals surface area (Å²) in [5, 5.41) is 4.69. The Morgan fingerprint density at radius 1 is 1.06 bits per heavy atom. The average molecular weight is 426 g/mol. The second-order valence-corrected chi connectivity index (χ2v) is 8.68. The van der Waals surface area contributed by atoms with Gasteiger partial charge in [0.2, 0.25) is 5.91 Å². The Bertz CT molecular complexity index is 1160. The van der Waals surface area contributed by atoms with E-state index in [4.69, 9.17) is 5.32 Å². The molecule has 5 rings (SSSR count). The van der Waals surface area contributed by atoms with Gasteiger partial charge in [0.15, 0.2) is 0 Å². The molecule has 4 heteroatoms. The maximum atomic E-state index is 13.9. The second-order valence-electron chi connectivity index (χ2n) is 8.68. The molecular weight excluding hydrogens is 399 g/mol. The lowest BCUT2D eigenvalue weighted by molar-refractivity contribution is -0.138. The Morgan fingerprint density at radius 3 is 2.53 bits per heavy atom. The fraction of sp³-hybridized carbons (Fsp3) is 0.250. The number of carbonyl (C=O) groups is 1. The van der Waals surface area contributed by atoms with Crippen LogP contribution in [0.5, 0.6) is 0 Å². The highest BCUT2D eigenvalue weighted by Crippen LogP contribution is 2.45. The zero-order valence-electron chi connectivity index (χ0n) is 18.2. The van der Waals surface area contributed by atoms with E-state index < -0.39 is 0 Å². The van der Waals surface area contributed by atoms with Crippen molar-refractivity contribution in [1.29, 1.82) is 0 Å². The molecule has 1 amide bonds. The van der Waals surface area contributed by atoms with E-state index in [1.807, 2.05) is 41.3 Å². The van der Waals surface area contributed by atoms with Gasteiger partial charge in [-0.3, -0.25) is 10.1 Å². The predicted octanol–water partition coefficient (Wildman–Crippen LogP) is 6.38. The first-order valence-electron chi connectivity index (χ1n) is 11.2. The van der Waals surface area contributed by atoms with E-state index in [-0.39, 0.29) is 23.7 Å². The summed E-state index contributed by atoms with van der Waals surface area (Å²) in [4.78, 5) is 15.9. The third-order valence-electron chi connectivity index (χ3n) is 6.65. The summed E-state index contributed by atoms with van der Waals surface area (Å²) in [6.07, 6.45) is 2.13. The van der Waals surface area contributed by atoms with E-state index in [0.29, 0.717) is 13.0 Å². The van der Waals surface area contributed by atoms with Crippen molar-refractivity contribution in [2.45, 2.75) is 38.8 Å². The number of halogens is 1. The van der Waals surface area contributed by atoms with Crippen molar-refractivity contribution in [3.8, 4) is 0 Å². The van der Waals surface area contributed by atoms with Gasteiger partial charge >= 0.3 is 0 Å². The molecule has 1 heterocycles. The maximum Gasteiger partial charge on any atom is 0.226 e. The number of allylic oxidation sites excluding steroid dienone is 2. The Balaban J connectivity index is 1.42. The standard InChI is InChI=1S/C28H26FN2O/c1-19(21-10-6-3-7-11-21)31(18-20-8-4-2-5-9-20)28(32)22-12-14-26-24(16-22)25-17-23(29)13-15-27(25)30-26/h2-11,13,15,17,19,22H,12,14,16,18H2,1H3/t19-,22?/m0/s1. The molecule has 0 fully saturated rings. The Hall–Kier alpha value is -3.40. The van der Waals surface area contributed by atoms with Crippen molar-refractivity contribution in [2.75, 3.05) is 0 Å². The van der Waals surface area contributed by atoms with Crippen LogP contribution in [0.25, 0.3) is 5.57 Å². The third kappa shape index (κ3) is 3.93. The quantitative estimate of drug-likeness (QED) is 0.467. The number of nitrogens with zero attached hydrogens (tertiary/aromatic N) is 2. The smallest absolute Gasteiger partial charge is 0.226 e. The number of fused-ring (bicyclic) bond motifs is 2. The molecule has 161 valence electrons. The van der Waals surface area contributed by atoms with Crippen LogP contribution < -0.4 is 5.32 Å². The number of benzene rings is 3. The number of rotatable bonds is 5.